The van der Waals surface area contributed by atoms with Crippen molar-refractivity contribution >= 4 is 28.2 Å². The van der Waals surface area contributed by atoms with Gasteiger partial charge in [-0.05, 0) is 49.5 Å². The van der Waals surface area contributed by atoms with Gasteiger partial charge in [-0.25, -0.2) is 4.79 Å². The molecule has 2 atom stereocenters. The first-order valence-electron chi connectivity index (χ1n) is 9.31. The summed E-state index contributed by atoms with van der Waals surface area (Å²) in [6.07, 6.45) is 3.69. The van der Waals surface area contributed by atoms with Gasteiger partial charge in [0.15, 0.2) is 0 Å². The molecule has 0 spiro atoms. The Labute approximate surface area is 155 Å². The maximum atomic E-state index is 12.5. The molecule has 1 aromatic heterocycles. The van der Waals surface area contributed by atoms with Crippen LogP contribution >= 0.6 is 11.3 Å². The number of nitrogens with one attached hydrogen (secondary N) is 1. The highest BCUT2D eigenvalue weighted by Crippen LogP contribution is 2.44. The summed E-state index contributed by atoms with van der Waals surface area (Å²) in [5.74, 6) is 0.177. The fraction of sp³-hybridized carbons (Fsp3) is 0.700. The molecular weight excluding hydrogens is 334 g/mol. The van der Waals surface area contributed by atoms with Crippen molar-refractivity contribution in [3.8, 4) is 0 Å². The molecule has 0 bridgehead atoms. The van der Waals surface area contributed by atoms with Crippen molar-refractivity contribution in [1.29, 1.82) is 0 Å². The monoisotopic (exact) mass is 365 g/mol. The second-order valence-corrected chi connectivity index (χ2v) is 9.14. The van der Waals surface area contributed by atoms with Crippen LogP contribution in [0.1, 0.15) is 75.2 Å². The van der Waals surface area contributed by atoms with Crippen LogP contribution in [-0.2, 0) is 22.4 Å². The molecule has 1 aromatic rings. The third kappa shape index (κ3) is 4.43. The Morgan fingerprint density at radius 3 is 2.56 bits per heavy atom. The second kappa shape index (κ2) is 7.90. The van der Waals surface area contributed by atoms with Gasteiger partial charge in [0.25, 0.3) is 0 Å². The normalized spacial score (nSPS) is 18.4. The lowest BCUT2D eigenvalue weighted by Crippen LogP contribution is -2.26. The van der Waals surface area contributed by atoms with E-state index in [0.717, 1.165) is 31.2 Å². The summed E-state index contributed by atoms with van der Waals surface area (Å²) >= 11 is 1.56. The Kier molecular flexibility index (Phi) is 6.30. The summed E-state index contributed by atoms with van der Waals surface area (Å²) < 4.78 is 5.27. The average Bonchev–Trinajstić information content (AvgIpc) is 2.90. The Bertz CT molecular complexity index is 642. The topological polar surface area (TPSA) is 55.4 Å². The summed E-state index contributed by atoms with van der Waals surface area (Å²) in [6.45, 7) is 12.9. The molecule has 1 heterocycles. The van der Waals surface area contributed by atoms with Crippen LogP contribution in [0.15, 0.2) is 0 Å². The average molecular weight is 366 g/mol. The van der Waals surface area contributed by atoms with Gasteiger partial charge in [0.2, 0.25) is 5.91 Å². The van der Waals surface area contributed by atoms with Gasteiger partial charge in [0.1, 0.15) is 5.00 Å². The molecule has 5 heteroatoms. The molecule has 1 amide bonds. The van der Waals surface area contributed by atoms with Crippen LogP contribution in [0.2, 0.25) is 0 Å². The van der Waals surface area contributed by atoms with Gasteiger partial charge in [-0.2, -0.15) is 0 Å². The van der Waals surface area contributed by atoms with Gasteiger partial charge < -0.3 is 10.1 Å². The lowest BCUT2D eigenvalue weighted by Gasteiger charge is -2.33. The SMILES string of the molecule is CCOC(=O)c1c(NC(=O)[C@@H](C)CC)sc2c1CC[C@H](C(C)(C)C)C2. The quantitative estimate of drug-likeness (QED) is 0.742. The van der Waals surface area contributed by atoms with Gasteiger partial charge in [-0.3, -0.25) is 4.79 Å². The summed E-state index contributed by atoms with van der Waals surface area (Å²) in [6, 6.07) is 0. The smallest absolute Gasteiger partial charge is 0.341 e. The molecule has 0 aliphatic heterocycles. The minimum atomic E-state index is -0.311. The van der Waals surface area contributed by atoms with Crippen LogP contribution in [0.5, 0.6) is 0 Å². The van der Waals surface area contributed by atoms with E-state index in [9.17, 15) is 9.59 Å². The van der Waals surface area contributed by atoms with E-state index in [1.54, 1.807) is 11.3 Å². The van der Waals surface area contributed by atoms with Crippen LogP contribution in [0.3, 0.4) is 0 Å². The van der Waals surface area contributed by atoms with Crippen LogP contribution < -0.4 is 5.32 Å². The molecule has 0 saturated carbocycles. The van der Waals surface area contributed by atoms with E-state index in [0.29, 0.717) is 23.1 Å². The number of fused-ring (bicyclic) bond motifs is 1. The van der Waals surface area contributed by atoms with E-state index in [2.05, 4.69) is 26.1 Å². The zero-order valence-electron chi connectivity index (χ0n) is 16.3. The standard InChI is InChI=1S/C20H31NO3S/c1-7-12(3)17(22)21-18-16(19(23)24-8-2)14-10-9-13(20(4,5)6)11-15(14)25-18/h12-13H,7-11H2,1-6H3,(H,21,22)/t12-,13-/m0/s1. The Hall–Kier alpha value is -1.36. The largest absolute Gasteiger partial charge is 0.462 e. The lowest BCUT2D eigenvalue weighted by molar-refractivity contribution is -0.119. The Balaban J connectivity index is 2.37. The third-order valence-corrected chi connectivity index (χ3v) is 6.44. The number of rotatable bonds is 5. The first-order valence-corrected chi connectivity index (χ1v) is 10.1. The maximum Gasteiger partial charge on any atom is 0.341 e. The summed E-state index contributed by atoms with van der Waals surface area (Å²) in [7, 11) is 0. The molecule has 140 valence electrons. The third-order valence-electron chi connectivity index (χ3n) is 5.27. The highest BCUT2D eigenvalue weighted by Gasteiger charge is 2.34. The minimum absolute atomic E-state index is 0.0287. The number of thiophene rings is 1. The van der Waals surface area contributed by atoms with Crippen molar-refractivity contribution in [3.05, 3.63) is 16.0 Å². The molecule has 0 saturated heterocycles. The second-order valence-electron chi connectivity index (χ2n) is 8.03. The van der Waals surface area contributed by atoms with Crippen LogP contribution in [0.4, 0.5) is 5.00 Å². The molecule has 4 nitrogen and oxygen atoms in total. The van der Waals surface area contributed by atoms with Crippen LogP contribution in [-0.4, -0.2) is 18.5 Å². The van der Waals surface area contributed by atoms with E-state index in [1.807, 2.05) is 20.8 Å². The van der Waals surface area contributed by atoms with Crippen LogP contribution in [0, 0.1) is 17.3 Å². The molecule has 1 aliphatic carbocycles. The van der Waals surface area contributed by atoms with Gasteiger partial charge in [-0.1, -0.05) is 34.6 Å². The van der Waals surface area contributed by atoms with Gasteiger partial charge in [-0.15, -0.1) is 11.3 Å². The summed E-state index contributed by atoms with van der Waals surface area (Å²) in [4.78, 5) is 26.1. The van der Waals surface area contributed by atoms with Crippen molar-refractivity contribution in [2.45, 2.75) is 67.2 Å². The molecule has 0 radical (unpaired) electrons. The predicted octanol–water partition coefficient (Wildman–Crippen LogP) is 5.06. The molecular formula is C20H31NO3S. The minimum Gasteiger partial charge on any atom is -0.462 e. The van der Waals surface area contributed by atoms with Gasteiger partial charge >= 0.3 is 5.97 Å². The first kappa shape index (κ1) is 20.0. The van der Waals surface area contributed by atoms with E-state index < -0.39 is 0 Å². The van der Waals surface area contributed by atoms with E-state index in [-0.39, 0.29) is 23.2 Å². The molecule has 25 heavy (non-hydrogen) atoms. The lowest BCUT2D eigenvalue weighted by atomic mass is 9.72. The first-order chi connectivity index (χ1) is 11.7. The van der Waals surface area contributed by atoms with Crippen molar-refractivity contribution in [1.82, 2.24) is 0 Å². The Morgan fingerprint density at radius 1 is 1.32 bits per heavy atom. The number of hydrogen-bond acceptors (Lipinski definition) is 4. The van der Waals surface area contributed by atoms with Crippen molar-refractivity contribution in [2.75, 3.05) is 11.9 Å². The predicted molar refractivity (Wildman–Crippen MR) is 103 cm³/mol. The number of anilines is 1. The van der Waals surface area contributed by atoms with E-state index in [4.69, 9.17) is 4.74 Å². The molecule has 2 rings (SSSR count). The summed E-state index contributed by atoms with van der Waals surface area (Å²) in [5, 5.41) is 3.66. The fourth-order valence-electron chi connectivity index (χ4n) is 3.25. The van der Waals surface area contributed by atoms with Crippen molar-refractivity contribution in [3.63, 3.8) is 0 Å². The molecule has 0 unspecified atom stereocenters. The molecule has 1 aliphatic rings. The number of ether oxygens (including phenoxy) is 1. The fourth-order valence-corrected chi connectivity index (χ4v) is 4.57. The molecule has 0 aromatic carbocycles. The zero-order chi connectivity index (χ0) is 18.8. The number of carbonyl (C=O) groups excluding carboxylic acids is 2. The number of esters is 1. The van der Waals surface area contributed by atoms with Crippen molar-refractivity contribution in [2.24, 2.45) is 17.3 Å². The van der Waals surface area contributed by atoms with E-state index in [1.165, 1.54) is 4.88 Å². The number of hydrogen-bond donors (Lipinski definition) is 1. The number of amides is 1. The Morgan fingerprint density at radius 2 is 2.00 bits per heavy atom. The van der Waals surface area contributed by atoms with Gasteiger partial charge in [0.05, 0.1) is 12.2 Å². The van der Waals surface area contributed by atoms with Crippen LogP contribution in [0.25, 0.3) is 0 Å². The summed E-state index contributed by atoms with van der Waals surface area (Å²) in [5.41, 5.74) is 1.92. The highest BCUT2D eigenvalue weighted by atomic mass is 32.1. The van der Waals surface area contributed by atoms with Crippen molar-refractivity contribution < 1.29 is 14.3 Å². The molecule has 0 fully saturated rings. The maximum absolute atomic E-state index is 12.5. The molecule has 1 N–H and O–H groups in total. The number of carbonyl (C=O) groups is 2. The van der Waals surface area contributed by atoms with Gasteiger partial charge in [0, 0.05) is 10.8 Å². The van der Waals surface area contributed by atoms with E-state index >= 15 is 0 Å². The zero-order valence-corrected chi connectivity index (χ0v) is 17.1. The highest BCUT2D eigenvalue weighted by molar-refractivity contribution is 7.17.